The first-order valence-corrected chi connectivity index (χ1v) is 3.96. The van der Waals surface area contributed by atoms with Crippen LogP contribution in [0.2, 0.25) is 0 Å². The smallest absolute Gasteiger partial charge is 0.0113 e. The second kappa shape index (κ2) is 7.05. The SMILES string of the molecule is CC=CCSCCN. The van der Waals surface area contributed by atoms with E-state index in [2.05, 4.69) is 12.2 Å². The van der Waals surface area contributed by atoms with Crippen LogP contribution in [0.3, 0.4) is 0 Å². The summed E-state index contributed by atoms with van der Waals surface area (Å²) in [6, 6.07) is 0. The number of hydrogen-bond acceptors (Lipinski definition) is 2. The molecule has 1 nitrogen and oxygen atoms in total. The topological polar surface area (TPSA) is 26.0 Å². The van der Waals surface area contributed by atoms with Crippen LogP contribution in [-0.2, 0) is 0 Å². The summed E-state index contributed by atoms with van der Waals surface area (Å²) < 4.78 is 0. The van der Waals surface area contributed by atoms with Gasteiger partial charge in [-0.1, -0.05) is 12.2 Å². The van der Waals surface area contributed by atoms with E-state index in [0.29, 0.717) is 0 Å². The second-order valence-corrected chi connectivity index (χ2v) is 2.58. The minimum absolute atomic E-state index is 0.794. The molecule has 0 aromatic carbocycles. The van der Waals surface area contributed by atoms with E-state index in [1.54, 1.807) is 0 Å². The molecule has 0 bridgehead atoms. The fourth-order valence-electron chi connectivity index (χ4n) is 0.331. The van der Waals surface area contributed by atoms with E-state index in [4.69, 9.17) is 5.73 Å². The third-order valence-electron chi connectivity index (χ3n) is 0.712. The minimum atomic E-state index is 0.794. The normalized spacial score (nSPS) is 10.8. The second-order valence-electron chi connectivity index (χ2n) is 1.43. The van der Waals surface area contributed by atoms with Gasteiger partial charge in [0.05, 0.1) is 0 Å². The van der Waals surface area contributed by atoms with Crippen molar-refractivity contribution in [2.24, 2.45) is 5.73 Å². The molecular formula is C6H13NS. The van der Waals surface area contributed by atoms with Gasteiger partial charge in [-0.3, -0.25) is 0 Å². The predicted molar refractivity (Wildman–Crippen MR) is 41.2 cm³/mol. The maximum absolute atomic E-state index is 5.27. The summed E-state index contributed by atoms with van der Waals surface area (Å²) in [6.07, 6.45) is 4.20. The molecule has 0 amide bonds. The Morgan fingerprint density at radius 3 is 2.88 bits per heavy atom. The van der Waals surface area contributed by atoms with E-state index in [-0.39, 0.29) is 0 Å². The van der Waals surface area contributed by atoms with Gasteiger partial charge in [-0.15, -0.1) is 0 Å². The monoisotopic (exact) mass is 131 g/mol. The van der Waals surface area contributed by atoms with Crippen LogP contribution in [-0.4, -0.2) is 18.1 Å². The molecule has 0 saturated heterocycles. The van der Waals surface area contributed by atoms with Crippen molar-refractivity contribution in [2.75, 3.05) is 18.1 Å². The molecule has 0 unspecified atom stereocenters. The lowest BCUT2D eigenvalue weighted by Crippen LogP contribution is -2.01. The molecule has 48 valence electrons. The van der Waals surface area contributed by atoms with Crippen LogP contribution in [0, 0.1) is 0 Å². The first-order chi connectivity index (χ1) is 3.91. The van der Waals surface area contributed by atoms with Crippen LogP contribution in [0.4, 0.5) is 0 Å². The van der Waals surface area contributed by atoms with Crippen molar-refractivity contribution < 1.29 is 0 Å². The lowest BCUT2D eigenvalue weighted by atomic mass is 10.6. The molecule has 0 aliphatic carbocycles. The van der Waals surface area contributed by atoms with Crippen molar-refractivity contribution in [2.45, 2.75) is 6.92 Å². The van der Waals surface area contributed by atoms with Gasteiger partial charge in [0, 0.05) is 18.1 Å². The number of allylic oxidation sites excluding steroid dienone is 1. The number of hydrogen-bond donors (Lipinski definition) is 1. The summed E-state index contributed by atoms with van der Waals surface area (Å²) in [7, 11) is 0. The molecule has 0 aromatic rings. The molecule has 0 aliphatic heterocycles. The predicted octanol–water partition coefficient (Wildman–Crippen LogP) is 1.25. The standard InChI is InChI=1S/C6H13NS/c1-2-3-5-8-6-4-7/h2-3H,4-7H2,1H3. The quantitative estimate of drug-likeness (QED) is 0.459. The van der Waals surface area contributed by atoms with Crippen LogP contribution in [0.25, 0.3) is 0 Å². The zero-order valence-electron chi connectivity index (χ0n) is 5.26. The van der Waals surface area contributed by atoms with Crippen LogP contribution in [0.5, 0.6) is 0 Å². The minimum Gasteiger partial charge on any atom is -0.330 e. The van der Waals surface area contributed by atoms with Crippen LogP contribution in [0.15, 0.2) is 12.2 Å². The Labute approximate surface area is 55.3 Å². The maximum Gasteiger partial charge on any atom is 0.0113 e. The fourth-order valence-corrected chi connectivity index (χ4v) is 0.993. The highest BCUT2D eigenvalue weighted by atomic mass is 32.2. The van der Waals surface area contributed by atoms with E-state index in [1.165, 1.54) is 0 Å². The molecular weight excluding hydrogens is 118 g/mol. The summed E-state index contributed by atoms with van der Waals surface area (Å²) in [5.41, 5.74) is 5.27. The molecule has 0 radical (unpaired) electrons. The van der Waals surface area contributed by atoms with E-state index in [9.17, 15) is 0 Å². The molecule has 0 heterocycles. The van der Waals surface area contributed by atoms with Gasteiger partial charge in [-0.2, -0.15) is 11.8 Å². The molecule has 0 aromatic heterocycles. The Morgan fingerprint density at radius 2 is 2.38 bits per heavy atom. The fraction of sp³-hybridized carbons (Fsp3) is 0.667. The molecule has 0 saturated carbocycles. The molecule has 0 rings (SSSR count). The van der Waals surface area contributed by atoms with Gasteiger partial charge in [-0.25, -0.2) is 0 Å². The lowest BCUT2D eigenvalue weighted by Gasteiger charge is -1.89. The van der Waals surface area contributed by atoms with Gasteiger partial charge in [0.25, 0.3) is 0 Å². The number of nitrogens with two attached hydrogens (primary N) is 1. The molecule has 0 spiro atoms. The van der Waals surface area contributed by atoms with Gasteiger partial charge >= 0.3 is 0 Å². The van der Waals surface area contributed by atoms with E-state index in [1.807, 2.05) is 18.7 Å². The highest BCUT2D eigenvalue weighted by Crippen LogP contribution is 1.96. The maximum atomic E-state index is 5.27. The number of thioether (sulfide) groups is 1. The van der Waals surface area contributed by atoms with Crippen LogP contribution >= 0.6 is 11.8 Å². The van der Waals surface area contributed by atoms with Crippen LogP contribution < -0.4 is 5.73 Å². The zero-order valence-corrected chi connectivity index (χ0v) is 6.08. The van der Waals surface area contributed by atoms with Gasteiger partial charge in [0.1, 0.15) is 0 Å². The van der Waals surface area contributed by atoms with Crippen molar-refractivity contribution in [1.29, 1.82) is 0 Å². The van der Waals surface area contributed by atoms with Crippen molar-refractivity contribution in [3.63, 3.8) is 0 Å². The Morgan fingerprint density at radius 1 is 1.62 bits per heavy atom. The van der Waals surface area contributed by atoms with Gasteiger partial charge in [0.15, 0.2) is 0 Å². The Balaban J connectivity index is 2.72. The average Bonchev–Trinajstić information content (AvgIpc) is 1.81. The van der Waals surface area contributed by atoms with E-state index < -0.39 is 0 Å². The highest BCUT2D eigenvalue weighted by Gasteiger charge is 1.78. The van der Waals surface area contributed by atoms with Crippen molar-refractivity contribution in [3.05, 3.63) is 12.2 Å². The first kappa shape index (κ1) is 8.05. The molecule has 0 aliphatic rings. The highest BCUT2D eigenvalue weighted by molar-refractivity contribution is 7.99. The number of rotatable bonds is 4. The summed E-state index contributed by atoms with van der Waals surface area (Å²) in [5, 5.41) is 0. The zero-order chi connectivity index (χ0) is 6.24. The Hall–Kier alpha value is 0.0500. The first-order valence-electron chi connectivity index (χ1n) is 2.80. The van der Waals surface area contributed by atoms with Crippen molar-refractivity contribution in [3.8, 4) is 0 Å². The Kier molecular flexibility index (Phi) is 7.09. The van der Waals surface area contributed by atoms with E-state index in [0.717, 1.165) is 18.1 Å². The van der Waals surface area contributed by atoms with Gasteiger partial charge < -0.3 is 5.73 Å². The van der Waals surface area contributed by atoms with Crippen LogP contribution in [0.1, 0.15) is 6.92 Å². The molecule has 0 atom stereocenters. The van der Waals surface area contributed by atoms with Crippen molar-refractivity contribution >= 4 is 11.8 Å². The largest absolute Gasteiger partial charge is 0.330 e. The summed E-state index contributed by atoms with van der Waals surface area (Å²) in [5.74, 6) is 2.18. The van der Waals surface area contributed by atoms with Crippen molar-refractivity contribution in [1.82, 2.24) is 0 Å². The van der Waals surface area contributed by atoms with Gasteiger partial charge in [0.2, 0.25) is 0 Å². The Bertz CT molecular complexity index is 61.5. The lowest BCUT2D eigenvalue weighted by molar-refractivity contribution is 1.15. The summed E-state index contributed by atoms with van der Waals surface area (Å²) in [4.78, 5) is 0. The third kappa shape index (κ3) is 6.05. The molecule has 2 heteroatoms. The third-order valence-corrected chi connectivity index (χ3v) is 1.66. The molecule has 0 fully saturated rings. The van der Waals surface area contributed by atoms with E-state index >= 15 is 0 Å². The molecule has 2 N–H and O–H groups in total. The van der Waals surface area contributed by atoms with Gasteiger partial charge in [-0.05, 0) is 6.92 Å². The molecule has 8 heavy (non-hydrogen) atoms. The average molecular weight is 131 g/mol. The summed E-state index contributed by atoms with van der Waals surface area (Å²) in [6.45, 7) is 2.82. The summed E-state index contributed by atoms with van der Waals surface area (Å²) >= 11 is 1.87.